The predicted octanol–water partition coefficient (Wildman–Crippen LogP) is 1.01. The molecule has 0 unspecified atom stereocenters. The zero-order valence-electron chi connectivity index (χ0n) is 7.16. The molecule has 1 aromatic carbocycles. The van der Waals surface area contributed by atoms with Crippen LogP contribution in [0.4, 0.5) is 5.69 Å². The molecule has 0 aliphatic carbocycles. The number of carbonyl (C=O) groups is 1. The molecule has 3 N–H and O–H groups in total. The van der Waals surface area contributed by atoms with E-state index in [2.05, 4.69) is 5.92 Å². The average molecular weight is 175 g/mol. The van der Waals surface area contributed by atoms with Crippen molar-refractivity contribution in [3.8, 4) is 11.8 Å². The molecule has 0 aromatic heterocycles. The maximum absolute atomic E-state index is 10.1. The molecule has 0 heterocycles. The molecule has 0 saturated heterocycles. The van der Waals surface area contributed by atoms with Gasteiger partial charge in [-0.05, 0) is 30.7 Å². The van der Waals surface area contributed by atoms with Crippen molar-refractivity contribution in [3.05, 3.63) is 29.3 Å². The van der Waals surface area contributed by atoms with E-state index >= 15 is 0 Å². The minimum absolute atomic E-state index is 0.661. The van der Waals surface area contributed by atoms with Gasteiger partial charge in [0, 0.05) is 17.2 Å². The molecule has 3 nitrogen and oxygen atoms in total. The summed E-state index contributed by atoms with van der Waals surface area (Å²) in [5.41, 5.74) is 7.82. The smallest absolute Gasteiger partial charge is 0.382 e. The molecule has 0 fully saturated rings. The number of hydrogen-bond acceptors (Lipinski definition) is 2. The van der Waals surface area contributed by atoms with E-state index in [-0.39, 0.29) is 0 Å². The van der Waals surface area contributed by atoms with Gasteiger partial charge in [-0.15, -0.1) is 0 Å². The van der Waals surface area contributed by atoms with Crippen molar-refractivity contribution in [3.63, 3.8) is 0 Å². The lowest BCUT2D eigenvalue weighted by molar-refractivity contribution is -0.130. The fourth-order valence-electron chi connectivity index (χ4n) is 0.879. The number of aliphatic carboxylic acids is 1. The van der Waals surface area contributed by atoms with Gasteiger partial charge in [-0.3, -0.25) is 0 Å². The van der Waals surface area contributed by atoms with Crippen molar-refractivity contribution < 1.29 is 9.90 Å². The molecule has 3 heteroatoms. The van der Waals surface area contributed by atoms with Crippen LogP contribution in [0.1, 0.15) is 11.1 Å². The van der Waals surface area contributed by atoms with Crippen LogP contribution in [0.5, 0.6) is 0 Å². The highest BCUT2D eigenvalue weighted by Crippen LogP contribution is 2.11. The van der Waals surface area contributed by atoms with Gasteiger partial charge in [0.15, 0.2) is 0 Å². The second-order valence-corrected chi connectivity index (χ2v) is 2.63. The number of hydrogen-bond donors (Lipinski definition) is 2. The van der Waals surface area contributed by atoms with E-state index in [1.807, 2.05) is 12.8 Å². The van der Waals surface area contributed by atoms with Gasteiger partial charge in [0.1, 0.15) is 0 Å². The Bertz CT molecular complexity index is 399. The topological polar surface area (TPSA) is 63.3 Å². The summed E-state index contributed by atoms with van der Waals surface area (Å²) in [5.74, 6) is 3.41. The van der Waals surface area contributed by atoms with Crippen LogP contribution in [0, 0.1) is 18.8 Å². The van der Waals surface area contributed by atoms with Crippen molar-refractivity contribution in [2.75, 3.05) is 5.73 Å². The van der Waals surface area contributed by atoms with Gasteiger partial charge in [0.25, 0.3) is 0 Å². The Hall–Kier alpha value is -1.95. The van der Waals surface area contributed by atoms with Gasteiger partial charge in [-0.1, -0.05) is 5.92 Å². The fraction of sp³-hybridized carbons (Fsp3) is 0.100. The summed E-state index contributed by atoms with van der Waals surface area (Å²) < 4.78 is 0. The number of carboxylic acid groups (broad SMARTS) is 1. The summed E-state index contributed by atoms with van der Waals surface area (Å²) in [7, 11) is 0. The minimum atomic E-state index is -1.13. The highest BCUT2D eigenvalue weighted by atomic mass is 16.4. The molecule has 0 aliphatic rings. The third-order valence-electron chi connectivity index (χ3n) is 1.58. The van der Waals surface area contributed by atoms with Crippen LogP contribution >= 0.6 is 0 Å². The van der Waals surface area contributed by atoms with Crippen LogP contribution in [0.3, 0.4) is 0 Å². The van der Waals surface area contributed by atoms with Crippen LogP contribution in [0.15, 0.2) is 18.2 Å². The number of nitrogen functional groups attached to an aromatic ring is 1. The van der Waals surface area contributed by atoms with E-state index in [4.69, 9.17) is 10.8 Å². The van der Waals surface area contributed by atoms with Gasteiger partial charge in [-0.2, -0.15) is 0 Å². The average Bonchev–Trinajstić information content (AvgIpc) is 2.07. The van der Waals surface area contributed by atoms with E-state index in [0.717, 1.165) is 5.56 Å². The molecular weight excluding hydrogens is 166 g/mol. The van der Waals surface area contributed by atoms with Crippen molar-refractivity contribution in [2.45, 2.75) is 6.92 Å². The van der Waals surface area contributed by atoms with E-state index in [0.29, 0.717) is 11.3 Å². The van der Waals surface area contributed by atoms with Crippen LogP contribution in [0.2, 0.25) is 0 Å². The Labute approximate surface area is 76.2 Å². The molecule has 13 heavy (non-hydrogen) atoms. The Morgan fingerprint density at radius 3 is 2.77 bits per heavy atom. The molecule has 0 amide bonds. The number of nitrogens with two attached hydrogens (primary N) is 1. The number of benzene rings is 1. The summed E-state index contributed by atoms with van der Waals surface area (Å²) >= 11 is 0. The third kappa shape index (κ3) is 2.53. The molecule has 0 saturated carbocycles. The Morgan fingerprint density at radius 1 is 1.54 bits per heavy atom. The lowest BCUT2D eigenvalue weighted by atomic mass is 10.1. The van der Waals surface area contributed by atoms with E-state index in [1.54, 1.807) is 18.2 Å². The summed E-state index contributed by atoms with van der Waals surface area (Å²) in [6, 6.07) is 5.16. The first-order chi connectivity index (χ1) is 6.09. The van der Waals surface area contributed by atoms with E-state index in [9.17, 15) is 4.79 Å². The molecule has 1 rings (SSSR count). The van der Waals surface area contributed by atoms with Crippen molar-refractivity contribution in [2.24, 2.45) is 0 Å². The first-order valence-electron chi connectivity index (χ1n) is 3.70. The predicted molar refractivity (Wildman–Crippen MR) is 50.1 cm³/mol. The lowest BCUT2D eigenvalue weighted by Gasteiger charge is -1.98. The zero-order chi connectivity index (χ0) is 9.84. The molecule has 0 atom stereocenters. The first kappa shape index (κ1) is 9.14. The second-order valence-electron chi connectivity index (χ2n) is 2.63. The van der Waals surface area contributed by atoms with E-state index < -0.39 is 5.97 Å². The highest BCUT2D eigenvalue weighted by molar-refractivity contribution is 5.87. The first-order valence-corrected chi connectivity index (χ1v) is 3.70. The van der Waals surface area contributed by atoms with Crippen molar-refractivity contribution in [1.29, 1.82) is 0 Å². The number of anilines is 1. The Morgan fingerprint density at radius 2 is 2.23 bits per heavy atom. The molecule has 0 bridgehead atoms. The SMILES string of the molecule is Cc1cc(C#CC(=O)O)ccc1N. The van der Waals surface area contributed by atoms with Gasteiger partial charge in [-0.25, -0.2) is 4.79 Å². The van der Waals surface area contributed by atoms with Crippen LogP contribution in [-0.4, -0.2) is 11.1 Å². The normalized spacial score (nSPS) is 8.69. The minimum Gasteiger partial charge on any atom is -0.472 e. The van der Waals surface area contributed by atoms with Gasteiger partial charge >= 0.3 is 5.97 Å². The second kappa shape index (κ2) is 3.63. The third-order valence-corrected chi connectivity index (χ3v) is 1.58. The summed E-state index contributed by atoms with van der Waals surface area (Å²) in [6.07, 6.45) is 0. The van der Waals surface area contributed by atoms with Crippen molar-refractivity contribution in [1.82, 2.24) is 0 Å². The van der Waals surface area contributed by atoms with Crippen LogP contribution in [0.25, 0.3) is 0 Å². The summed E-state index contributed by atoms with van der Waals surface area (Å²) in [6.45, 7) is 1.85. The fourth-order valence-corrected chi connectivity index (χ4v) is 0.879. The zero-order valence-corrected chi connectivity index (χ0v) is 7.16. The quantitative estimate of drug-likeness (QED) is 0.457. The van der Waals surface area contributed by atoms with Crippen molar-refractivity contribution >= 4 is 11.7 Å². The molecule has 0 spiro atoms. The molecule has 0 radical (unpaired) electrons. The van der Waals surface area contributed by atoms with Gasteiger partial charge < -0.3 is 10.8 Å². The lowest BCUT2D eigenvalue weighted by Crippen LogP contribution is -1.90. The van der Waals surface area contributed by atoms with Crippen LogP contribution in [-0.2, 0) is 4.79 Å². The Balaban J connectivity index is 3.00. The number of rotatable bonds is 0. The molecule has 1 aromatic rings. The highest BCUT2D eigenvalue weighted by Gasteiger charge is 1.93. The number of aryl methyl sites for hydroxylation is 1. The van der Waals surface area contributed by atoms with E-state index in [1.165, 1.54) is 0 Å². The summed E-state index contributed by atoms with van der Waals surface area (Å²) in [5, 5.41) is 8.30. The molecule has 0 aliphatic heterocycles. The maximum Gasteiger partial charge on any atom is 0.382 e. The monoisotopic (exact) mass is 175 g/mol. The largest absolute Gasteiger partial charge is 0.472 e. The standard InChI is InChI=1S/C10H9NO2/c1-7-6-8(2-4-9(7)11)3-5-10(12)13/h2,4,6H,11H2,1H3,(H,12,13). The molecule has 66 valence electrons. The van der Waals surface area contributed by atoms with Gasteiger partial charge in [0.2, 0.25) is 0 Å². The Kier molecular flexibility index (Phi) is 2.56. The van der Waals surface area contributed by atoms with Crippen LogP contribution < -0.4 is 5.73 Å². The maximum atomic E-state index is 10.1. The summed E-state index contributed by atoms with van der Waals surface area (Å²) in [4.78, 5) is 10.1. The molecular formula is C10H9NO2. The number of carboxylic acids is 1. The van der Waals surface area contributed by atoms with Gasteiger partial charge in [0.05, 0.1) is 0 Å².